The Morgan fingerprint density at radius 3 is 2.50 bits per heavy atom. The number of carbonyl (C=O) groups is 2. The molecule has 3 aromatic rings. The van der Waals surface area contributed by atoms with E-state index < -0.39 is 6.04 Å². The highest BCUT2D eigenvalue weighted by atomic mass is 35.5. The van der Waals surface area contributed by atoms with Gasteiger partial charge in [-0.1, -0.05) is 42.5 Å². The first-order valence-corrected chi connectivity index (χ1v) is 11.4. The van der Waals surface area contributed by atoms with Gasteiger partial charge in [-0.15, -0.1) is 12.4 Å². The molecule has 4 N–H and O–H groups in total. The van der Waals surface area contributed by atoms with Crippen LogP contribution in [-0.2, 0) is 16.1 Å². The molecule has 0 spiro atoms. The number of aryl methyl sites for hydroxylation is 1. The summed E-state index contributed by atoms with van der Waals surface area (Å²) in [7, 11) is 0. The molecule has 2 amide bonds. The zero-order valence-corrected chi connectivity index (χ0v) is 20.1. The van der Waals surface area contributed by atoms with E-state index in [0.717, 1.165) is 47.5 Å². The van der Waals surface area contributed by atoms with Crippen LogP contribution in [0.25, 0.3) is 0 Å². The lowest BCUT2D eigenvalue weighted by Crippen LogP contribution is -2.35. The van der Waals surface area contributed by atoms with Crippen molar-refractivity contribution in [3.8, 4) is 0 Å². The fourth-order valence-electron chi connectivity index (χ4n) is 4.21. The highest BCUT2D eigenvalue weighted by molar-refractivity contribution is 5.98. The fraction of sp³-hybridized carbons (Fsp3) is 0.259. The van der Waals surface area contributed by atoms with E-state index in [2.05, 4.69) is 10.6 Å². The van der Waals surface area contributed by atoms with Crippen molar-refractivity contribution in [2.45, 2.75) is 38.8 Å². The van der Waals surface area contributed by atoms with Crippen LogP contribution < -0.4 is 21.3 Å². The first-order chi connectivity index (χ1) is 16.0. The topological polar surface area (TPSA) is 87.5 Å². The molecular weight excluding hydrogens is 448 g/mol. The van der Waals surface area contributed by atoms with Gasteiger partial charge in [0.05, 0.1) is 0 Å². The Balaban J connectivity index is 0.00000324. The summed E-state index contributed by atoms with van der Waals surface area (Å²) in [5, 5.41) is 6.40. The average Bonchev–Trinajstić information content (AvgIpc) is 2.84. The van der Waals surface area contributed by atoms with E-state index >= 15 is 0 Å². The van der Waals surface area contributed by atoms with Crippen LogP contribution >= 0.6 is 12.4 Å². The van der Waals surface area contributed by atoms with Gasteiger partial charge in [0.1, 0.15) is 6.04 Å². The first-order valence-electron chi connectivity index (χ1n) is 11.4. The number of benzene rings is 3. The molecule has 1 aliphatic rings. The van der Waals surface area contributed by atoms with Crippen LogP contribution in [0.15, 0.2) is 72.8 Å². The van der Waals surface area contributed by atoms with Gasteiger partial charge in [0.2, 0.25) is 5.91 Å². The molecule has 1 heterocycles. The molecular formula is C27H31ClN4O2. The highest BCUT2D eigenvalue weighted by Crippen LogP contribution is 2.28. The molecule has 0 aromatic heterocycles. The lowest BCUT2D eigenvalue weighted by atomic mass is 10.0. The van der Waals surface area contributed by atoms with Crippen LogP contribution in [0.2, 0.25) is 0 Å². The lowest BCUT2D eigenvalue weighted by molar-refractivity contribution is -0.119. The summed E-state index contributed by atoms with van der Waals surface area (Å²) in [5.41, 5.74) is 11.0. The normalized spacial score (nSPS) is 14.2. The van der Waals surface area contributed by atoms with E-state index in [1.807, 2.05) is 84.6 Å². The number of nitrogens with zero attached hydrogens (tertiary/aromatic N) is 1. The molecule has 0 radical (unpaired) electrons. The Morgan fingerprint density at radius 1 is 1.00 bits per heavy atom. The van der Waals surface area contributed by atoms with Gasteiger partial charge in [-0.2, -0.15) is 0 Å². The van der Waals surface area contributed by atoms with Crippen LogP contribution in [0, 0.1) is 6.92 Å². The van der Waals surface area contributed by atoms with Gasteiger partial charge < -0.3 is 21.3 Å². The second kappa shape index (κ2) is 11.7. The number of nitrogens with one attached hydrogen (secondary N) is 2. The number of rotatable bonds is 7. The summed E-state index contributed by atoms with van der Waals surface area (Å²) in [6.07, 6.45) is 2.55. The molecule has 6 nitrogen and oxygen atoms in total. The van der Waals surface area contributed by atoms with Crippen LogP contribution in [-0.4, -0.2) is 18.4 Å². The largest absolute Gasteiger partial charge is 0.370 e. The van der Waals surface area contributed by atoms with E-state index in [0.29, 0.717) is 18.7 Å². The number of carbonyl (C=O) groups excluding carboxylic acids is 2. The second-order valence-corrected chi connectivity index (χ2v) is 8.39. The van der Waals surface area contributed by atoms with Gasteiger partial charge in [0, 0.05) is 36.6 Å². The van der Waals surface area contributed by atoms with Crippen molar-refractivity contribution in [1.29, 1.82) is 0 Å². The Kier molecular flexibility index (Phi) is 8.68. The third-order valence-corrected chi connectivity index (χ3v) is 5.95. The standard InChI is InChI=1S/C27H30N4O2.ClH/c1-19-16-23(13-14-24(19)31-15-6-5-12-25(31)32)30-27(33)26(21-9-3-2-4-10-21)29-22-11-7-8-20(17-22)18-28;/h2-4,7-11,13-14,16-17,26,29H,5-6,12,15,18,28H2,1H3,(H,30,33);1H. The third kappa shape index (κ3) is 5.95. The van der Waals surface area contributed by atoms with E-state index in [9.17, 15) is 9.59 Å². The van der Waals surface area contributed by atoms with Gasteiger partial charge in [0.25, 0.3) is 5.91 Å². The van der Waals surface area contributed by atoms with Crippen molar-refractivity contribution in [2.24, 2.45) is 5.73 Å². The van der Waals surface area contributed by atoms with Crippen LogP contribution in [0.3, 0.4) is 0 Å². The predicted octanol–water partition coefficient (Wildman–Crippen LogP) is 5.18. The molecule has 178 valence electrons. The monoisotopic (exact) mass is 478 g/mol. The quantitative estimate of drug-likeness (QED) is 0.436. The van der Waals surface area contributed by atoms with E-state index in [1.165, 1.54) is 0 Å². The van der Waals surface area contributed by atoms with Crippen molar-refractivity contribution in [2.75, 3.05) is 22.1 Å². The Hall–Kier alpha value is -3.35. The molecule has 1 saturated heterocycles. The average molecular weight is 479 g/mol. The first kappa shape index (κ1) is 25.3. The molecule has 1 fully saturated rings. The molecule has 34 heavy (non-hydrogen) atoms. The maximum atomic E-state index is 13.4. The van der Waals surface area contributed by atoms with Gasteiger partial charge in [-0.25, -0.2) is 0 Å². The van der Waals surface area contributed by atoms with Gasteiger partial charge in [-0.3, -0.25) is 9.59 Å². The molecule has 0 aliphatic carbocycles. The summed E-state index contributed by atoms with van der Waals surface area (Å²) < 4.78 is 0. The van der Waals surface area contributed by atoms with Crippen molar-refractivity contribution < 1.29 is 9.59 Å². The number of halogens is 1. The van der Waals surface area contributed by atoms with Crippen LogP contribution in [0.5, 0.6) is 0 Å². The number of piperidine rings is 1. The SMILES string of the molecule is Cc1cc(NC(=O)C(Nc2cccc(CN)c2)c2ccccc2)ccc1N1CCCCC1=O.Cl. The van der Waals surface area contributed by atoms with E-state index in [-0.39, 0.29) is 24.2 Å². The number of amides is 2. The van der Waals surface area contributed by atoms with Crippen molar-refractivity contribution in [1.82, 2.24) is 0 Å². The summed E-state index contributed by atoms with van der Waals surface area (Å²) in [6, 6.07) is 22.5. The van der Waals surface area contributed by atoms with Crippen molar-refractivity contribution in [3.05, 3.63) is 89.5 Å². The maximum Gasteiger partial charge on any atom is 0.251 e. The predicted molar refractivity (Wildman–Crippen MR) is 140 cm³/mol. The maximum absolute atomic E-state index is 13.4. The van der Waals surface area contributed by atoms with Gasteiger partial charge in [0.15, 0.2) is 0 Å². The summed E-state index contributed by atoms with van der Waals surface area (Å²) in [5.74, 6) is -0.00487. The van der Waals surface area contributed by atoms with E-state index in [1.54, 1.807) is 0 Å². The van der Waals surface area contributed by atoms with Gasteiger partial charge >= 0.3 is 0 Å². The highest BCUT2D eigenvalue weighted by Gasteiger charge is 2.23. The smallest absolute Gasteiger partial charge is 0.251 e. The number of anilines is 3. The van der Waals surface area contributed by atoms with Crippen molar-refractivity contribution >= 4 is 41.3 Å². The number of hydrogen-bond donors (Lipinski definition) is 3. The molecule has 0 saturated carbocycles. The minimum Gasteiger partial charge on any atom is -0.370 e. The molecule has 7 heteroatoms. The third-order valence-electron chi connectivity index (χ3n) is 5.95. The number of hydrogen-bond acceptors (Lipinski definition) is 4. The van der Waals surface area contributed by atoms with E-state index in [4.69, 9.17) is 5.73 Å². The zero-order chi connectivity index (χ0) is 23.2. The molecule has 0 bridgehead atoms. The minimum atomic E-state index is -0.581. The van der Waals surface area contributed by atoms with Gasteiger partial charge in [-0.05, 0) is 66.8 Å². The Bertz CT molecular complexity index is 1140. The molecule has 3 aromatic carbocycles. The minimum absolute atomic E-state index is 0. The summed E-state index contributed by atoms with van der Waals surface area (Å²) in [6.45, 7) is 3.15. The molecule has 1 aliphatic heterocycles. The summed E-state index contributed by atoms with van der Waals surface area (Å²) >= 11 is 0. The Morgan fingerprint density at radius 2 is 1.79 bits per heavy atom. The molecule has 1 atom stereocenters. The molecule has 4 rings (SSSR count). The fourth-order valence-corrected chi connectivity index (χ4v) is 4.21. The van der Waals surface area contributed by atoms with Crippen LogP contribution in [0.4, 0.5) is 17.1 Å². The lowest BCUT2D eigenvalue weighted by Gasteiger charge is -2.28. The van der Waals surface area contributed by atoms with Crippen molar-refractivity contribution in [3.63, 3.8) is 0 Å². The number of nitrogens with two attached hydrogens (primary N) is 1. The molecule has 1 unspecified atom stereocenters. The second-order valence-electron chi connectivity index (χ2n) is 8.39. The Labute approximate surface area is 206 Å². The van der Waals surface area contributed by atoms with Crippen LogP contribution in [0.1, 0.15) is 42.0 Å². The zero-order valence-electron chi connectivity index (χ0n) is 19.3. The summed E-state index contributed by atoms with van der Waals surface area (Å²) in [4.78, 5) is 27.5.